The predicted octanol–water partition coefficient (Wildman–Crippen LogP) is 2.06. The number of rotatable bonds is 4. The number of aliphatic hydroxyl groups excluding tert-OH is 1. The zero-order valence-corrected chi connectivity index (χ0v) is 11.8. The summed E-state index contributed by atoms with van der Waals surface area (Å²) in [7, 11) is 0. The van der Waals surface area contributed by atoms with Gasteiger partial charge < -0.3 is 15.2 Å². The van der Waals surface area contributed by atoms with Gasteiger partial charge in [-0.2, -0.15) is 13.2 Å². The van der Waals surface area contributed by atoms with Crippen LogP contribution in [0.3, 0.4) is 0 Å². The third kappa shape index (κ3) is 5.18. The standard InChI is InChI=1S/C14H17F3N2O3/c15-14(16,17)8-22-12-6-1-9(7-18-12)13(21)19-10-2-4-11(20)5-3-10/h1,6-7,10-11,20H,2-5,8H2,(H,19,21). The summed E-state index contributed by atoms with van der Waals surface area (Å²) >= 11 is 0. The summed E-state index contributed by atoms with van der Waals surface area (Å²) in [6.45, 7) is -1.42. The first-order valence-electron chi connectivity index (χ1n) is 6.98. The number of nitrogens with zero attached hydrogens (tertiary/aromatic N) is 1. The number of aliphatic hydroxyl groups is 1. The molecule has 1 aromatic rings. The molecule has 1 aromatic heterocycles. The first kappa shape index (κ1) is 16.5. The Hall–Kier alpha value is -1.83. The molecular weight excluding hydrogens is 301 g/mol. The lowest BCUT2D eigenvalue weighted by Crippen LogP contribution is -2.38. The molecule has 0 aromatic carbocycles. The SMILES string of the molecule is O=C(NC1CCC(O)CC1)c1ccc(OCC(F)(F)F)nc1. The number of hydrogen-bond acceptors (Lipinski definition) is 4. The van der Waals surface area contributed by atoms with Crippen molar-refractivity contribution >= 4 is 5.91 Å². The minimum absolute atomic E-state index is 0.00273. The number of amides is 1. The summed E-state index contributed by atoms with van der Waals surface area (Å²) in [6, 6.07) is 2.59. The third-order valence-electron chi connectivity index (χ3n) is 3.41. The Kier molecular flexibility index (Phi) is 5.23. The van der Waals surface area contributed by atoms with Gasteiger partial charge in [-0.05, 0) is 31.7 Å². The van der Waals surface area contributed by atoms with Crippen molar-refractivity contribution in [3.8, 4) is 5.88 Å². The van der Waals surface area contributed by atoms with Gasteiger partial charge in [0.25, 0.3) is 5.91 Å². The molecule has 0 saturated heterocycles. The molecule has 0 bridgehead atoms. The molecule has 22 heavy (non-hydrogen) atoms. The van der Waals surface area contributed by atoms with Gasteiger partial charge in [-0.3, -0.25) is 4.79 Å². The molecule has 2 N–H and O–H groups in total. The van der Waals surface area contributed by atoms with E-state index in [1.807, 2.05) is 0 Å². The van der Waals surface area contributed by atoms with E-state index in [1.54, 1.807) is 0 Å². The second-order valence-electron chi connectivity index (χ2n) is 5.27. The normalized spacial score (nSPS) is 22.2. The highest BCUT2D eigenvalue weighted by atomic mass is 19.4. The van der Waals surface area contributed by atoms with E-state index in [-0.39, 0.29) is 29.5 Å². The zero-order valence-electron chi connectivity index (χ0n) is 11.8. The largest absolute Gasteiger partial charge is 0.468 e. The summed E-state index contributed by atoms with van der Waals surface area (Å²) in [4.78, 5) is 15.7. The summed E-state index contributed by atoms with van der Waals surface area (Å²) in [5.74, 6) is -0.522. The fourth-order valence-electron chi connectivity index (χ4n) is 2.24. The number of nitrogens with one attached hydrogen (secondary N) is 1. The van der Waals surface area contributed by atoms with Crippen LogP contribution in [0.4, 0.5) is 13.2 Å². The van der Waals surface area contributed by atoms with Crippen LogP contribution in [0.1, 0.15) is 36.0 Å². The molecule has 1 aliphatic carbocycles. The highest BCUT2D eigenvalue weighted by molar-refractivity contribution is 5.94. The van der Waals surface area contributed by atoms with E-state index in [2.05, 4.69) is 15.0 Å². The smallest absolute Gasteiger partial charge is 0.422 e. The van der Waals surface area contributed by atoms with Crippen LogP contribution in [0, 0.1) is 0 Å². The van der Waals surface area contributed by atoms with Crippen molar-refractivity contribution < 1.29 is 27.8 Å². The average molecular weight is 318 g/mol. The van der Waals surface area contributed by atoms with Gasteiger partial charge in [-0.25, -0.2) is 4.98 Å². The number of halogens is 3. The van der Waals surface area contributed by atoms with Gasteiger partial charge in [0.2, 0.25) is 5.88 Å². The van der Waals surface area contributed by atoms with Gasteiger partial charge in [-0.15, -0.1) is 0 Å². The van der Waals surface area contributed by atoms with Crippen molar-refractivity contribution in [3.63, 3.8) is 0 Å². The van der Waals surface area contributed by atoms with Gasteiger partial charge in [0.15, 0.2) is 6.61 Å². The van der Waals surface area contributed by atoms with Crippen LogP contribution in [0.15, 0.2) is 18.3 Å². The lowest BCUT2D eigenvalue weighted by molar-refractivity contribution is -0.154. The minimum Gasteiger partial charge on any atom is -0.468 e. The quantitative estimate of drug-likeness (QED) is 0.891. The summed E-state index contributed by atoms with van der Waals surface area (Å²) < 4.78 is 40.5. The van der Waals surface area contributed by atoms with Gasteiger partial charge in [0.05, 0.1) is 11.7 Å². The fraction of sp³-hybridized carbons (Fsp3) is 0.571. The van der Waals surface area contributed by atoms with E-state index in [9.17, 15) is 23.1 Å². The molecule has 8 heteroatoms. The zero-order chi connectivity index (χ0) is 16.2. The van der Waals surface area contributed by atoms with Crippen LogP contribution in [-0.2, 0) is 0 Å². The van der Waals surface area contributed by atoms with Crippen molar-refractivity contribution in [2.45, 2.75) is 44.0 Å². The Balaban J connectivity index is 1.85. The first-order valence-corrected chi connectivity index (χ1v) is 6.98. The molecule has 0 unspecified atom stereocenters. The van der Waals surface area contributed by atoms with E-state index in [1.165, 1.54) is 18.3 Å². The lowest BCUT2D eigenvalue weighted by Gasteiger charge is -2.26. The predicted molar refractivity (Wildman–Crippen MR) is 71.5 cm³/mol. The maximum Gasteiger partial charge on any atom is 0.422 e. The maximum absolute atomic E-state index is 12.0. The highest BCUT2D eigenvalue weighted by Crippen LogP contribution is 2.19. The Morgan fingerprint density at radius 2 is 2.00 bits per heavy atom. The molecule has 0 aliphatic heterocycles. The fourth-order valence-corrected chi connectivity index (χ4v) is 2.24. The van der Waals surface area contributed by atoms with E-state index >= 15 is 0 Å². The van der Waals surface area contributed by atoms with Gasteiger partial charge in [-0.1, -0.05) is 0 Å². The van der Waals surface area contributed by atoms with E-state index in [0.29, 0.717) is 25.7 Å². The summed E-state index contributed by atoms with van der Waals surface area (Å²) in [6.07, 6.45) is -0.858. The second-order valence-corrected chi connectivity index (χ2v) is 5.27. The molecule has 1 amide bonds. The molecule has 0 spiro atoms. The second kappa shape index (κ2) is 6.95. The molecular formula is C14H17F3N2O3. The maximum atomic E-state index is 12.0. The number of carbonyl (C=O) groups is 1. The molecule has 2 rings (SSSR count). The number of pyridine rings is 1. The first-order chi connectivity index (χ1) is 10.3. The summed E-state index contributed by atoms with van der Waals surface area (Å²) in [5.41, 5.74) is 0.255. The lowest BCUT2D eigenvalue weighted by atomic mass is 9.93. The third-order valence-corrected chi connectivity index (χ3v) is 3.41. The van der Waals surface area contributed by atoms with Gasteiger partial charge in [0, 0.05) is 18.3 Å². The number of carbonyl (C=O) groups excluding carboxylic acids is 1. The van der Waals surface area contributed by atoms with E-state index < -0.39 is 12.8 Å². The van der Waals surface area contributed by atoms with Crippen molar-refractivity contribution in [1.82, 2.24) is 10.3 Å². The Morgan fingerprint density at radius 1 is 1.32 bits per heavy atom. The minimum atomic E-state index is -4.43. The van der Waals surface area contributed by atoms with Gasteiger partial charge in [0.1, 0.15) is 0 Å². The Morgan fingerprint density at radius 3 is 2.55 bits per heavy atom. The Labute approximate surface area is 125 Å². The van der Waals surface area contributed by atoms with Crippen LogP contribution in [0.2, 0.25) is 0 Å². The molecule has 1 aliphatic rings. The van der Waals surface area contributed by atoms with Gasteiger partial charge >= 0.3 is 6.18 Å². The molecule has 1 saturated carbocycles. The molecule has 0 radical (unpaired) electrons. The van der Waals surface area contributed by atoms with Crippen LogP contribution >= 0.6 is 0 Å². The number of hydrogen-bond donors (Lipinski definition) is 2. The number of ether oxygens (including phenoxy) is 1. The van der Waals surface area contributed by atoms with Crippen molar-refractivity contribution in [3.05, 3.63) is 23.9 Å². The van der Waals surface area contributed by atoms with E-state index in [4.69, 9.17) is 0 Å². The van der Waals surface area contributed by atoms with Crippen molar-refractivity contribution in [2.75, 3.05) is 6.61 Å². The monoisotopic (exact) mass is 318 g/mol. The van der Waals surface area contributed by atoms with E-state index in [0.717, 1.165) is 0 Å². The molecule has 0 atom stereocenters. The van der Waals surface area contributed by atoms with Crippen LogP contribution < -0.4 is 10.1 Å². The topological polar surface area (TPSA) is 71.5 Å². The molecule has 1 fully saturated rings. The highest BCUT2D eigenvalue weighted by Gasteiger charge is 2.28. The number of aromatic nitrogens is 1. The van der Waals surface area contributed by atoms with Crippen molar-refractivity contribution in [2.24, 2.45) is 0 Å². The van der Waals surface area contributed by atoms with Crippen LogP contribution in [0.25, 0.3) is 0 Å². The Bertz CT molecular complexity index is 497. The molecule has 122 valence electrons. The molecule has 1 heterocycles. The number of alkyl halides is 3. The molecule has 5 nitrogen and oxygen atoms in total. The van der Waals surface area contributed by atoms with Crippen LogP contribution in [-0.4, -0.2) is 40.9 Å². The van der Waals surface area contributed by atoms with Crippen LogP contribution in [0.5, 0.6) is 5.88 Å². The average Bonchev–Trinajstić information content (AvgIpc) is 2.47. The summed E-state index contributed by atoms with van der Waals surface area (Å²) in [5, 5.41) is 12.2. The van der Waals surface area contributed by atoms with Crippen molar-refractivity contribution in [1.29, 1.82) is 0 Å².